The van der Waals surface area contributed by atoms with Crippen molar-refractivity contribution in [2.75, 3.05) is 39.3 Å². The van der Waals surface area contributed by atoms with Crippen LogP contribution in [0.3, 0.4) is 0 Å². The minimum Gasteiger partial charge on any atom is -0.357 e. The van der Waals surface area contributed by atoms with Gasteiger partial charge < -0.3 is 16.0 Å². The Kier molecular flexibility index (Phi) is 11.0. The van der Waals surface area contributed by atoms with Gasteiger partial charge >= 0.3 is 6.18 Å². The molecule has 0 aliphatic carbocycles. The highest BCUT2D eigenvalue weighted by Gasteiger charge is 2.34. The van der Waals surface area contributed by atoms with E-state index in [1.54, 1.807) is 24.3 Å². The van der Waals surface area contributed by atoms with E-state index in [-0.39, 0.29) is 35.9 Å². The molecule has 2 rings (SSSR count). The summed E-state index contributed by atoms with van der Waals surface area (Å²) in [5, 5.41) is 9.35. The van der Waals surface area contributed by atoms with Crippen LogP contribution in [0.2, 0.25) is 5.02 Å². The maximum absolute atomic E-state index is 12.5. The molecule has 1 unspecified atom stereocenters. The fraction of sp³-hybridized carbons (Fsp3) is 0.556. The number of rotatable bonds is 7. The topological polar surface area (TPSA) is 68.8 Å². The van der Waals surface area contributed by atoms with E-state index in [9.17, 15) is 18.0 Å². The Morgan fingerprint density at radius 3 is 2.69 bits per heavy atom. The Bertz CT molecular complexity index is 690. The Hall–Kier alpha value is -1.27. The van der Waals surface area contributed by atoms with Gasteiger partial charge in [0, 0.05) is 32.2 Å². The molecule has 3 N–H and O–H groups in total. The molecule has 1 aliphatic rings. The number of likely N-dealkylation sites (tertiary alicyclic amines) is 1. The first-order valence-electron chi connectivity index (χ1n) is 9.15. The normalized spacial score (nSPS) is 17.6. The highest BCUT2D eigenvalue weighted by atomic mass is 127. The van der Waals surface area contributed by atoms with Crippen LogP contribution in [0, 0.1) is 0 Å². The summed E-state index contributed by atoms with van der Waals surface area (Å²) in [5.74, 6) is 0.241. The molecule has 6 nitrogen and oxygen atoms in total. The number of amides is 1. The first-order chi connectivity index (χ1) is 13.3. The van der Waals surface area contributed by atoms with Crippen molar-refractivity contribution in [3.8, 4) is 0 Å². The van der Waals surface area contributed by atoms with E-state index < -0.39 is 12.7 Å². The fourth-order valence-corrected chi connectivity index (χ4v) is 3.16. The van der Waals surface area contributed by atoms with Crippen molar-refractivity contribution in [3.63, 3.8) is 0 Å². The first-order valence-corrected chi connectivity index (χ1v) is 9.53. The molecule has 1 heterocycles. The molecular weight excluding hydrogens is 522 g/mol. The summed E-state index contributed by atoms with van der Waals surface area (Å²) in [6.07, 6.45) is -3.57. The number of halogens is 5. The van der Waals surface area contributed by atoms with Crippen LogP contribution >= 0.6 is 35.6 Å². The highest BCUT2D eigenvalue weighted by molar-refractivity contribution is 14.0. The number of carbonyl (C=O) groups is 1. The van der Waals surface area contributed by atoms with Crippen LogP contribution in [-0.4, -0.2) is 68.3 Å². The Labute approximate surface area is 190 Å². The van der Waals surface area contributed by atoms with Crippen LogP contribution in [0.5, 0.6) is 0 Å². The SMILES string of the molecule is CCNC(=NCCNC(=O)c1ccccc1Cl)NC1CCN(CC(F)(F)F)C1.I. The predicted octanol–water partition coefficient (Wildman–Crippen LogP) is 2.88. The number of alkyl halides is 3. The number of hydrogen-bond acceptors (Lipinski definition) is 3. The maximum Gasteiger partial charge on any atom is 0.401 e. The summed E-state index contributed by atoms with van der Waals surface area (Å²) in [5.41, 5.74) is 0.397. The van der Waals surface area contributed by atoms with Gasteiger partial charge in [-0.15, -0.1) is 24.0 Å². The van der Waals surface area contributed by atoms with E-state index in [4.69, 9.17) is 11.6 Å². The van der Waals surface area contributed by atoms with Gasteiger partial charge in [0.15, 0.2) is 5.96 Å². The maximum atomic E-state index is 12.5. The second-order valence-electron chi connectivity index (χ2n) is 6.48. The average molecular weight is 548 g/mol. The zero-order chi connectivity index (χ0) is 20.6. The molecule has 1 aliphatic heterocycles. The lowest BCUT2D eigenvalue weighted by Gasteiger charge is -2.19. The largest absolute Gasteiger partial charge is 0.401 e. The van der Waals surface area contributed by atoms with Gasteiger partial charge in [0.05, 0.1) is 23.7 Å². The summed E-state index contributed by atoms with van der Waals surface area (Å²) in [7, 11) is 0. The molecule has 1 aromatic rings. The Morgan fingerprint density at radius 1 is 1.31 bits per heavy atom. The molecule has 1 amide bonds. The third kappa shape index (κ3) is 9.39. The number of nitrogens with zero attached hydrogens (tertiary/aromatic N) is 2. The summed E-state index contributed by atoms with van der Waals surface area (Å²) in [6.45, 7) is 2.97. The number of hydrogen-bond donors (Lipinski definition) is 3. The van der Waals surface area contributed by atoms with Crippen molar-refractivity contribution in [1.29, 1.82) is 0 Å². The molecule has 1 fully saturated rings. The van der Waals surface area contributed by atoms with E-state index in [1.807, 2.05) is 6.92 Å². The molecule has 0 bridgehead atoms. The van der Waals surface area contributed by atoms with Crippen molar-refractivity contribution in [1.82, 2.24) is 20.9 Å². The van der Waals surface area contributed by atoms with Crippen molar-refractivity contribution in [2.45, 2.75) is 25.6 Å². The lowest BCUT2D eigenvalue weighted by molar-refractivity contribution is -0.143. The number of guanidine groups is 1. The molecule has 0 aromatic heterocycles. The lowest BCUT2D eigenvalue weighted by Crippen LogP contribution is -2.45. The third-order valence-corrected chi connectivity index (χ3v) is 4.48. The van der Waals surface area contributed by atoms with E-state index in [2.05, 4.69) is 20.9 Å². The molecular formula is C18H26ClF3IN5O. The zero-order valence-corrected chi connectivity index (χ0v) is 19.1. The summed E-state index contributed by atoms with van der Waals surface area (Å²) < 4.78 is 37.5. The Balaban J connectivity index is 0.00000420. The van der Waals surface area contributed by atoms with Crippen LogP contribution < -0.4 is 16.0 Å². The standard InChI is InChI=1S/C18H25ClF3N5O.HI/c1-2-23-17(26-13-7-10-27(11-13)12-18(20,21)22)25-9-8-24-16(28)14-5-3-4-6-15(14)19;/h3-6,13H,2,7-12H2,1H3,(H,24,28)(H2,23,25,26);1H. The molecule has 0 radical (unpaired) electrons. The second kappa shape index (κ2) is 12.4. The molecule has 0 saturated carbocycles. The lowest BCUT2D eigenvalue weighted by atomic mass is 10.2. The van der Waals surface area contributed by atoms with E-state index >= 15 is 0 Å². The van der Waals surface area contributed by atoms with Crippen LogP contribution in [0.25, 0.3) is 0 Å². The van der Waals surface area contributed by atoms with Gasteiger partial charge in [-0.2, -0.15) is 13.2 Å². The van der Waals surface area contributed by atoms with Crippen molar-refractivity contribution in [3.05, 3.63) is 34.9 Å². The number of benzene rings is 1. The van der Waals surface area contributed by atoms with Crippen LogP contribution in [-0.2, 0) is 0 Å². The van der Waals surface area contributed by atoms with Crippen LogP contribution in [0.4, 0.5) is 13.2 Å². The monoisotopic (exact) mass is 547 g/mol. The van der Waals surface area contributed by atoms with Crippen molar-refractivity contribution >= 4 is 47.4 Å². The minimum atomic E-state index is -4.19. The number of carbonyl (C=O) groups excluding carboxylic acids is 1. The van der Waals surface area contributed by atoms with Crippen LogP contribution in [0.15, 0.2) is 29.3 Å². The van der Waals surface area contributed by atoms with Gasteiger partial charge in [0.1, 0.15) is 0 Å². The summed E-state index contributed by atoms with van der Waals surface area (Å²) >= 11 is 5.99. The molecule has 1 saturated heterocycles. The highest BCUT2D eigenvalue weighted by Crippen LogP contribution is 2.20. The summed E-state index contributed by atoms with van der Waals surface area (Å²) in [4.78, 5) is 17.8. The van der Waals surface area contributed by atoms with Gasteiger partial charge in [0.25, 0.3) is 5.91 Å². The van der Waals surface area contributed by atoms with Crippen LogP contribution in [0.1, 0.15) is 23.7 Å². The quantitative estimate of drug-likeness (QED) is 0.213. The molecule has 1 aromatic carbocycles. The smallest absolute Gasteiger partial charge is 0.357 e. The minimum absolute atomic E-state index is 0. The van der Waals surface area contributed by atoms with E-state index in [1.165, 1.54) is 4.90 Å². The fourth-order valence-electron chi connectivity index (χ4n) is 2.94. The Morgan fingerprint density at radius 2 is 2.03 bits per heavy atom. The van der Waals surface area contributed by atoms with Gasteiger partial charge in [-0.05, 0) is 25.5 Å². The first kappa shape index (κ1) is 25.8. The van der Waals surface area contributed by atoms with Gasteiger partial charge in [-0.1, -0.05) is 23.7 Å². The third-order valence-electron chi connectivity index (χ3n) is 4.15. The average Bonchev–Trinajstić information content (AvgIpc) is 3.04. The molecule has 1 atom stereocenters. The van der Waals surface area contributed by atoms with Crippen molar-refractivity contribution in [2.24, 2.45) is 4.99 Å². The van der Waals surface area contributed by atoms with E-state index in [0.29, 0.717) is 55.7 Å². The molecule has 164 valence electrons. The molecule has 11 heteroatoms. The number of nitrogens with one attached hydrogen (secondary N) is 3. The summed E-state index contributed by atoms with van der Waals surface area (Å²) in [6, 6.07) is 6.66. The van der Waals surface area contributed by atoms with Gasteiger partial charge in [0.2, 0.25) is 0 Å². The second-order valence-corrected chi connectivity index (χ2v) is 6.88. The molecule has 29 heavy (non-hydrogen) atoms. The van der Waals surface area contributed by atoms with Crippen molar-refractivity contribution < 1.29 is 18.0 Å². The predicted molar refractivity (Wildman–Crippen MR) is 119 cm³/mol. The van der Waals surface area contributed by atoms with E-state index in [0.717, 1.165) is 0 Å². The number of aliphatic imine (C=N–C) groups is 1. The molecule has 0 spiro atoms. The van der Waals surface area contributed by atoms with Gasteiger partial charge in [-0.3, -0.25) is 14.7 Å². The zero-order valence-electron chi connectivity index (χ0n) is 16.1. The van der Waals surface area contributed by atoms with Gasteiger partial charge in [-0.25, -0.2) is 0 Å².